The van der Waals surface area contributed by atoms with Crippen LogP contribution < -0.4 is 10.1 Å². The molecule has 0 saturated heterocycles. The largest absolute Gasteiger partial charge is 0.493 e. The SMILES string of the molecule is CCOc1cccc2[nH]c3c4c(c5c(c3c12)C(=O)NC5=O)CCC4. The third-order valence-corrected chi connectivity index (χ3v) is 5.09. The first kappa shape index (κ1) is 13.6. The van der Waals surface area contributed by atoms with Gasteiger partial charge in [-0.25, -0.2) is 0 Å². The summed E-state index contributed by atoms with van der Waals surface area (Å²) in [4.78, 5) is 28.4. The van der Waals surface area contributed by atoms with Crippen LogP contribution in [0.25, 0.3) is 21.8 Å². The predicted octanol–water partition coefficient (Wildman–Crippen LogP) is 3.09. The fraction of sp³-hybridized carbons (Fsp3) is 0.263. The van der Waals surface area contributed by atoms with Gasteiger partial charge in [-0.05, 0) is 49.4 Å². The molecule has 2 aromatic carbocycles. The number of fused-ring (bicyclic) bond motifs is 8. The summed E-state index contributed by atoms with van der Waals surface area (Å²) >= 11 is 0. The van der Waals surface area contributed by atoms with Crippen molar-refractivity contribution >= 4 is 33.6 Å². The van der Waals surface area contributed by atoms with Crippen molar-refractivity contribution in [2.24, 2.45) is 0 Å². The molecule has 0 unspecified atom stereocenters. The van der Waals surface area contributed by atoms with Crippen LogP contribution in [0, 0.1) is 0 Å². The molecule has 0 radical (unpaired) electrons. The van der Waals surface area contributed by atoms with E-state index in [1.165, 1.54) is 5.56 Å². The van der Waals surface area contributed by atoms with Gasteiger partial charge in [-0.15, -0.1) is 0 Å². The first-order chi connectivity index (χ1) is 11.7. The maximum absolute atomic E-state index is 12.5. The second-order valence-electron chi connectivity index (χ2n) is 6.33. The van der Waals surface area contributed by atoms with Crippen LogP contribution in [0.2, 0.25) is 0 Å². The molecule has 0 spiro atoms. The molecule has 3 aromatic rings. The van der Waals surface area contributed by atoms with Gasteiger partial charge in [0.1, 0.15) is 5.75 Å². The molecule has 24 heavy (non-hydrogen) atoms. The average molecular weight is 320 g/mol. The van der Waals surface area contributed by atoms with Crippen LogP contribution in [0.5, 0.6) is 5.75 Å². The second kappa shape index (κ2) is 4.60. The second-order valence-corrected chi connectivity index (χ2v) is 6.33. The van der Waals surface area contributed by atoms with Gasteiger partial charge in [-0.2, -0.15) is 0 Å². The Morgan fingerprint density at radius 2 is 1.83 bits per heavy atom. The van der Waals surface area contributed by atoms with E-state index in [1.54, 1.807) is 0 Å². The third kappa shape index (κ3) is 1.54. The number of benzene rings is 2. The third-order valence-electron chi connectivity index (χ3n) is 5.09. The summed E-state index contributed by atoms with van der Waals surface area (Å²) in [5.74, 6) is 0.175. The molecular weight excluding hydrogens is 304 g/mol. The van der Waals surface area contributed by atoms with Crippen LogP contribution in [0.1, 0.15) is 45.2 Å². The van der Waals surface area contributed by atoms with E-state index >= 15 is 0 Å². The standard InChI is InChI=1S/C19H16N2O3/c1-2-24-12-8-4-7-11-14(12)15-16-13(18(22)21-19(16)23)9-5-3-6-10(9)17(15)20-11/h4,7-8,20H,2-3,5-6H2,1H3,(H,21,22,23). The van der Waals surface area contributed by atoms with Crippen LogP contribution in [0.4, 0.5) is 0 Å². The fourth-order valence-corrected chi connectivity index (χ4v) is 4.24. The van der Waals surface area contributed by atoms with Crippen molar-refractivity contribution in [1.82, 2.24) is 10.3 Å². The highest BCUT2D eigenvalue weighted by molar-refractivity contribution is 6.31. The minimum Gasteiger partial charge on any atom is -0.493 e. The van der Waals surface area contributed by atoms with Gasteiger partial charge in [-0.3, -0.25) is 14.9 Å². The Hall–Kier alpha value is -2.82. The van der Waals surface area contributed by atoms with Gasteiger partial charge in [0.25, 0.3) is 11.8 Å². The molecule has 1 aliphatic carbocycles. The van der Waals surface area contributed by atoms with E-state index in [9.17, 15) is 9.59 Å². The van der Waals surface area contributed by atoms with E-state index in [1.807, 2.05) is 25.1 Å². The quantitative estimate of drug-likeness (QED) is 0.713. The van der Waals surface area contributed by atoms with Gasteiger partial charge >= 0.3 is 0 Å². The van der Waals surface area contributed by atoms with Crippen LogP contribution in [0.15, 0.2) is 18.2 Å². The van der Waals surface area contributed by atoms with Gasteiger partial charge in [0.2, 0.25) is 0 Å². The molecule has 2 aliphatic rings. The molecule has 0 bridgehead atoms. The molecule has 5 heteroatoms. The fourth-order valence-electron chi connectivity index (χ4n) is 4.24. The molecule has 0 fully saturated rings. The molecule has 1 aliphatic heterocycles. The Labute approximate surface area is 138 Å². The number of hydrogen-bond donors (Lipinski definition) is 2. The zero-order valence-corrected chi connectivity index (χ0v) is 13.3. The smallest absolute Gasteiger partial charge is 0.259 e. The Bertz CT molecular complexity index is 1060. The number of carbonyl (C=O) groups excluding carboxylic acids is 2. The summed E-state index contributed by atoms with van der Waals surface area (Å²) < 4.78 is 5.79. The van der Waals surface area contributed by atoms with Crippen LogP contribution in [0.3, 0.4) is 0 Å². The van der Waals surface area contributed by atoms with Crippen LogP contribution in [-0.2, 0) is 12.8 Å². The summed E-state index contributed by atoms with van der Waals surface area (Å²) in [7, 11) is 0. The molecule has 5 nitrogen and oxygen atoms in total. The molecule has 0 saturated carbocycles. The van der Waals surface area contributed by atoms with Gasteiger partial charge in [0, 0.05) is 5.39 Å². The lowest BCUT2D eigenvalue weighted by molar-refractivity contribution is 0.0880. The van der Waals surface area contributed by atoms with Crippen molar-refractivity contribution in [3.8, 4) is 5.75 Å². The van der Waals surface area contributed by atoms with E-state index in [0.29, 0.717) is 17.7 Å². The minimum absolute atomic E-state index is 0.265. The topological polar surface area (TPSA) is 71.2 Å². The number of ether oxygens (including phenoxy) is 1. The van der Waals surface area contributed by atoms with Crippen molar-refractivity contribution in [3.63, 3.8) is 0 Å². The van der Waals surface area contributed by atoms with Crippen molar-refractivity contribution in [3.05, 3.63) is 40.5 Å². The lowest BCUT2D eigenvalue weighted by atomic mass is 9.93. The van der Waals surface area contributed by atoms with E-state index in [4.69, 9.17) is 4.74 Å². The number of nitrogens with one attached hydrogen (secondary N) is 2. The van der Waals surface area contributed by atoms with E-state index in [0.717, 1.165) is 52.4 Å². The zero-order valence-electron chi connectivity index (χ0n) is 13.3. The number of imide groups is 1. The number of aryl methyl sites for hydroxylation is 1. The number of H-pyrrole nitrogens is 1. The van der Waals surface area contributed by atoms with Crippen LogP contribution in [-0.4, -0.2) is 23.4 Å². The first-order valence-electron chi connectivity index (χ1n) is 8.31. The van der Waals surface area contributed by atoms with E-state index in [2.05, 4.69) is 10.3 Å². The van der Waals surface area contributed by atoms with Gasteiger partial charge in [0.15, 0.2) is 0 Å². The normalized spacial score (nSPS) is 15.9. The zero-order chi connectivity index (χ0) is 16.4. The molecule has 2 amide bonds. The highest BCUT2D eigenvalue weighted by atomic mass is 16.5. The minimum atomic E-state index is -0.304. The molecule has 0 atom stereocenters. The monoisotopic (exact) mass is 320 g/mol. The van der Waals surface area contributed by atoms with Crippen LogP contribution >= 0.6 is 0 Å². The highest BCUT2D eigenvalue weighted by Gasteiger charge is 2.37. The number of aromatic nitrogens is 1. The molecular formula is C19H16N2O3. The lowest BCUT2D eigenvalue weighted by Gasteiger charge is -2.09. The summed E-state index contributed by atoms with van der Waals surface area (Å²) in [6.07, 6.45) is 2.79. The molecule has 2 heterocycles. The number of amides is 2. The average Bonchev–Trinajstić information content (AvgIpc) is 3.23. The molecule has 5 rings (SSSR count). The maximum atomic E-state index is 12.5. The van der Waals surface area contributed by atoms with Gasteiger partial charge < -0.3 is 9.72 Å². The van der Waals surface area contributed by atoms with Gasteiger partial charge in [-0.1, -0.05) is 6.07 Å². The number of aromatic amines is 1. The molecule has 120 valence electrons. The van der Waals surface area contributed by atoms with Crippen molar-refractivity contribution in [1.29, 1.82) is 0 Å². The number of rotatable bonds is 2. The van der Waals surface area contributed by atoms with Crippen molar-refractivity contribution < 1.29 is 14.3 Å². The van der Waals surface area contributed by atoms with Gasteiger partial charge in [0.05, 0.1) is 34.2 Å². The summed E-state index contributed by atoms with van der Waals surface area (Å²) in [5.41, 5.74) is 5.21. The summed E-state index contributed by atoms with van der Waals surface area (Å²) in [6.45, 7) is 2.48. The molecule has 2 N–H and O–H groups in total. The first-order valence-corrected chi connectivity index (χ1v) is 8.31. The molecule has 1 aromatic heterocycles. The maximum Gasteiger partial charge on any atom is 0.259 e. The lowest BCUT2D eigenvalue weighted by Crippen LogP contribution is -2.20. The van der Waals surface area contributed by atoms with Crippen molar-refractivity contribution in [2.45, 2.75) is 26.2 Å². The number of hydrogen-bond acceptors (Lipinski definition) is 3. The summed E-state index contributed by atoms with van der Waals surface area (Å²) in [5, 5.41) is 4.20. The van der Waals surface area contributed by atoms with E-state index < -0.39 is 0 Å². The Morgan fingerprint density at radius 1 is 1.04 bits per heavy atom. The Morgan fingerprint density at radius 3 is 2.67 bits per heavy atom. The van der Waals surface area contributed by atoms with E-state index in [-0.39, 0.29) is 11.8 Å². The summed E-state index contributed by atoms with van der Waals surface area (Å²) in [6, 6.07) is 5.84. The predicted molar refractivity (Wildman–Crippen MR) is 90.8 cm³/mol. The highest BCUT2D eigenvalue weighted by Crippen LogP contribution is 2.43. The Kier molecular flexibility index (Phi) is 2.61. The number of carbonyl (C=O) groups is 2. The van der Waals surface area contributed by atoms with Crippen molar-refractivity contribution in [2.75, 3.05) is 6.61 Å². The Balaban J connectivity index is 2.04.